The van der Waals surface area contributed by atoms with E-state index in [4.69, 9.17) is 4.74 Å². The molecule has 0 saturated heterocycles. The number of rotatable bonds is 9. The summed E-state index contributed by atoms with van der Waals surface area (Å²) in [5.41, 5.74) is 0. The maximum atomic E-state index is 9.79. The van der Waals surface area contributed by atoms with E-state index < -0.39 is 36.6 Å². The Morgan fingerprint density at radius 3 is 1.57 bits per heavy atom. The molecule has 0 radical (unpaired) electrons. The molecule has 0 spiro atoms. The summed E-state index contributed by atoms with van der Waals surface area (Å²) in [7, 11) is 0. The second-order valence-corrected chi connectivity index (χ2v) is 5.91. The van der Waals surface area contributed by atoms with E-state index in [2.05, 4.69) is 6.92 Å². The Hall–Kier alpha value is -0.240. The highest BCUT2D eigenvalue weighted by molar-refractivity contribution is 4.99. The first-order chi connectivity index (χ1) is 10.0. The molecule has 0 aromatic heterocycles. The lowest BCUT2D eigenvalue weighted by Crippen LogP contribution is -2.64. The van der Waals surface area contributed by atoms with Gasteiger partial charge in [-0.1, -0.05) is 45.4 Å². The topological polar surface area (TPSA) is 110 Å². The number of hydrogen-bond acceptors (Lipinski definition) is 6. The molecule has 126 valence electrons. The van der Waals surface area contributed by atoms with Crippen LogP contribution in [0.4, 0.5) is 0 Å². The molecule has 0 bridgehead atoms. The Balaban J connectivity index is 2.21. The minimum atomic E-state index is -1.56. The van der Waals surface area contributed by atoms with E-state index in [0.29, 0.717) is 6.61 Å². The van der Waals surface area contributed by atoms with Crippen molar-refractivity contribution in [3.8, 4) is 0 Å². The molecule has 1 aliphatic carbocycles. The molecule has 1 aliphatic rings. The number of hydrogen-bond donors (Lipinski definition) is 5. The predicted molar refractivity (Wildman–Crippen MR) is 77.8 cm³/mol. The van der Waals surface area contributed by atoms with Gasteiger partial charge < -0.3 is 30.3 Å². The van der Waals surface area contributed by atoms with Gasteiger partial charge in [0.05, 0.1) is 0 Å². The summed E-state index contributed by atoms with van der Waals surface area (Å²) >= 11 is 0. The quantitative estimate of drug-likeness (QED) is 0.382. The first-order valence-corrected chi connectivity index (χ1v) is 8.02. The van der Waals surface area contributed by atoms with Crippen molar-refractivity contribution in [2.24, 2.45) is 0 Å². The molecular formula is C15H30O6. The average molecular weight is 306 g/mol. The SMILES string of the molecule is CCCCCCCCCOC1[C@@H](O)[C@H](O)C(O)[C@H](O)[C@@H]1O. The Labute approximate surface area is 126 Å². The van der Waals surface area contributed by atoms with Gasteiger partial charge >= 0.3 is 0 Å². The lowest BCUT2D eigenvalue weighted by molar-refractivity contribution is -0.235. The largest absolute Gasteiger partial charge is 0.387 e. The van der Waals surface area contributed by atoms with E-state index in [0.717, 1.165) is 19.3 Å². The van der Waals surface area contributed by atoms with Crippen LogP contribution < -0.4 is 0 Å². The van der Waals surface area contributed by atoms with Crippen molar-refractivity contribution in [2.45, 2.75) is 88.5 Å². The van der Waals surface area contributed by atoms with Crippen LogP contribution in [0.5, 0.6) is 0 Å². The monoisotopic (exact) mass is 306 g/mol. The second-order valence-electron chi connectivity index (χ2n) is 5.91. The lowest BCUT2D eigenvalue weighted by atomic mass is 9.85. The summed E-state index contributed by atoms with van der Waals surface area (Å²) in [5, 5.41) is 48.2. The van der Waals surface area contributed by atoms with Crippen LogP contribution in [0.25, 0.3) is 0 Å². The third kappa shape index (κ3) is 5.47. The third-order valence-corrected chi connectivity index (χ3v) is 4.13. The van der Waals surface area contributed by atoms with E-state index in [1.54, 1.807) is 0 Å². The third-order valence-electron chi connectivity index (χ3n) is 4.13. The molecule has 0 aliphatic heterocycles. The smallest absolute Gasteiger partial charge is 0.114 e. The van der Waals surface area contributed by atoms with E-state index in [1.807, 2.05) is 0 Å². The first-order valence-electron chi connectivity index (χ1n) is 8.02. The van der Waals surface area contributed by atoms with Gasteiger partial charge in [0.2, 0.25) is 0 Å². The zero-order valence-electron chi connectivity index (χ0n) is 12.8. The van der Waals surface area contributed by atoms with Gasteiger partial charge in [-0.15, -0.1) is 0 Å². The highest BCUT2D eigenvalue weighted by Gasteiger charge is 2.48. The molecule has 0 aromatic carbocycles. The standard InChI is InChI=1S/C15H30O6/c1-2-3-4-5-6-7-8-9-21-15-13(19)11(17)10(16)12(18)14(15)20/h10-20H,2-9H2,1H3/t10?,11-,12+,13-,14-,15?/m0/s1. The van der Waals surface area contributed by atoms with Gasteiger partial charge in [-0.25, -0.2) is 0 Å². The Bertz CT molecular complexity index is 259. The van der Waals surface area contributed by atoms with Crippen LogP contribution in [0.3, 0.4) is 0 Å². The van der Waals surface area contributed by atoms with E-state index in [1.165, 1.54) is 25.7 Å². The van der Waals surface area contributed by atoms with Gasteiger partial charge in [0.1, 0.15) is 36.6 Å². The van der Waals surface area contributed by atoms with Crippen LogP contribution in [-0.2, 0) is 4.74 Å². The molecule has 0 aromatic rings. The minimum Gasteiger partial charge on any atom is -0.387 e. The van der Waals surface area contributed by atoms with Crippen molar-refractivity contribution < 1.29 is 30.3 Å². The van der Waals surface area contributed by atoms with Gasteiger partial charge in [0.15, 0.2) is 0 Å². The van der Waals surface area contributed by atoms with Crippen molar-refractivity contribution in [3.63, 3.8) is 0 Å². The zero-order chi connectivity index (χ0) is 15.8. The minimum absolute atomic E-state index is 0.349. The van der Waals surface area contributed by atoms with Crippen LogP contribution in [0.2, 0.25) is 0 Å². The van der Waals surface area contributed by atoms with Gasteiger partial charge in [0, 0.05) is 6.61 Å². The molecule has 2 unspecified atom stereocenters. The molecule has 6 heteroatoms. The fraction of sp³-hybridized carbons (Fsp3) is 1.00. The molecule has 5 N–H and O–H groups in total. The average Bonchev–Trinajstić information content (AvgIpc) is 2.49. The Morgan fingerprint density at radius 1 is 0.619 bits per heavy atom. The fourth-order valence-corrected chi connectivity index (χ4v) is 2.67. The Morgan fingerprint density at radius 2 is 1.05 bits per heavy atom. The highest BCUT2D eigenvalue weighted by atomic mass is 16.5. The molecule has 0 heterocycles. The summed E-state index contributed by atoms with van der Waals surface area (Å²) in [6.07, 6.45) is -0.593. The highest BCUT2D eigenvalue weighted by Crippen LogP contribution is 2.24. The van der Waals surface area contributed by atoms with Gasteiger partial charge in [-0.3, -0.25) is 0 Å². The molecule has 1 rings (SSSR count). The fourth-order valence-electron chi connectivity index (χ4n) is 2.67. The zero-order valence-corrected chi connectivity index (χ0v) is 12.8. The molecule has 6 nitrogen and oxygen atoms in total. The molecule has 6 atom stereocenters. The van der Waals surface area contributed by atoms with Crippen LogP contribution in [0, 0.1) is 0 Å². The van der Waals surface area contributed by atoms with Crippen molar-refractivity contribution >= 4 is 0 Å². The molecular weight excluding hydrogens is 276 g/mol. The van der Waals surface area contributed by atoms with Crippen LogP contribution in [0.1, 0.15) is 51.9 Å². The van der Waals surface area contributed by atoms with Gasteiger partial charge in [-0.05, 0) is 6.42 Å². The van der Waals surface area contributed by atoms with Crippen LogP contribution >= 0.6 is 0 Å². The molecule has 21 heavy (non-hydrogen) atoms. The van der Waals surface area contributed by atoms with Crippen molar-refractivity contribution in [1.82, 2.24) is 0 Å². The summed E-state index contributed by atoms with van der Waals surface area (Å²) in [6.45, 7) is 2.52. The molecule has 1 saturated carbocycles. The van der Waals surface area contributed by atoms with E-state index in [9.17, 15) is 25.5 Å². The van der Waals surface area contributed by atoms with Crippen LogP contribution in [-0.4, -0.2) is 68.8 Å². The van der Waals surface area contributed by atoms with Gasteiger partial charge in [-0.2, -0.15) is 0 Å². The second kappa shape index (κ2) is 9.71. The molecule has 1 fully saturated rings. The van der Waals surface area contributed by atoms with E-state index >= 15 is 0 Å². The summed E-state index contributed by atoms with van der Waals surface area (Å²) in [5.74, 6) is 0. The van der Waals surface area contributed by atoms with Crippen LogP contribution in [0.15, 0.2) is 0 Å². The number of unbranched alkanes of at least 4 members (excludes halogenated alkanes) is 6. The van der Waals surface area contributed by atoms with Gasteiger partial charge in [0.25, 0.3) is 0 Å². The van der Waals surface area contributed by atoms with Crippen molar-refractivity contribution in [3.05, 3.63) is 0 Å². The van der Waals surface area contributed by atoms with Crippen molar-refractivity contribution in [2.75, 3.05) is 6.61 Å². The summed E-state index contributed by atoms with van der Waals surface area (Å²) in [6, 6.07) is 0. The first kappa shape index (κ1) is 18.8. The van der Waals surface area contributed by atoms with E-state index in [-0.39, 0.29) is 0 Å². The Kier molecular flexibility index (Phi) is 8.70. The van der Waals surface area contributed by atoms with Crippen molar-refractivity contribution in [1.29, 1.82) is 0 Å². The maximum Gasteiger partial charge on any atom is 0.114 e. The molecule has 0 amide bonds. The maximum absolute atomic E-state index is 9.79. The number of aliphatic hydroxyl groups excluding tert-OH is 5. The number of aliphatic hydroxyl groups is 5. The lowest BCUT2D eigenvalue weighted by Gasteiger charge is -2.41. The predicted octanol–water partition coefficient (Wildman–Crippen LogP) is -0.0597. The normalized spacial score (nSPS) is 36.9. The summed E-state index contributed by atoms with van der Waals surface area (Å²) in [4.78, 5) is 0. The summed E-state index contributed by atoms with van der Waals surface area (Å²) < 4.78 is 5.39. The number of ether oxygens (including phenoxy) is 1.